The fourth-order valence-corrected chi connectivity index (χ4v) is 2.99. The topological polar surface area (TPSA) is 84.3 Å². The molecule has 25 heavy (non-hydrogen) atoms. The summed E-state index contributed by atoms with van der Waals surface area (Å²) in [5, 5.41) is 12.3. The second kappa shape index (κ2) is 8.92. The molecule has 1 heterocycles. The van der Waals surface area contributed by atoms with E-state index in [-0.39, 0.29) is 18.5 Å². The molecule has 1 atom stereocenters. The molecule has 0 fully saturated rings. The highest BCUT2D eigenvalue weighted by Crippen LogP contribution is 2.22. The average molecular weight is 352 g/mol. The number of aliphatic imine (C=N–C) groups is 1. The van der Waals surface area contributed by atoms with Crippen LogP contribution in [0.1, 0.15) is 29.2 Å². The van der Waals surface area contributed by atoms with Crippen LogP contribution in [-0.4, -0.2) is 17.9 Å². The van der Waals surface area contributed by atoms with E-state index in [0.717, 1.165) is 16.3 Å². The lowest BCUT2D eigenvalue weighted by atomic mass is 10.0. The Labute approximate surface area is 151 Å². The maximum atomic E-state index is 9.62. The Morgan fingerprint density at radius 1 is 1.48 bits per heavy atom. The molecule has 0 aliphatic rings. The first-order valence-electron chi connectivity index (χ1n) is 7.72. The molecule has 2 aromatic rings. The average Bonchev–Trinajstić information content (AvgIpc) is 3.11. The molecule has 1 aromatic carbocycles. The number of nitrogens with zero attached hydrogens (tertiary/aromatic N) is 3. The Kier molecular flexibility index (Phi) is 6.63. The van der Waals surface area contributed by atoms with Crippen LogP contribution in [0.3, 0.4) is 0 Å². The highest BCUT2D eigenvalue weighted by atomic mass is 32.1. The van der Waals surface area contributed by atoms with Crippen molar-refractivity contribution in [2.75, 3.05) is 7.05 Å². The number of hydrogen-bond donors (Lipinski definition) is 1. The predicted octanol–water partition coefficient (Wildman–Crippen LogP) is 3.87. The van der Waals surface area contributed by atoms with Crippen LogP contribution >= 0.6 is 11.3 Å². The molecule has 0 amide bonds. The molecule has 0 spiro atoms. The number of allylic oxidation sites excluding steroid dienone is 2. The van der Waals surface area contributed by atoms with Crippen LogP contribution < -0.4 is 5.73 Å². The molecule has 0 radical (unpaired) electrons. The minimum atomic E-state index is -0.121. The molecule has 6 heteroatoms. The SMILES string of the molecule is C=C/C(=C(/C#N)C(=NC)OCc1nc(C(C)N)cs1)c1ccccc1. The van der Waals surface area contributed by atoms with Crippen LogP contribution in [0.5, 0.6) is 0 Å². The molecule has 128 valence electrons. The minimum Gasteiger partial charge on any atom is -0.470 e. The van der Waals surface area contributed by atoms with Crippen molar-refractivity contribution in [1.82, 2.24) is 4.98 Å². The molecular formula is C19H20N4OS. The van der Waals surface area contributed by atoms with Gasteiger partial charge in [-0.1, -0.05) is 43.0 Å². The Balaban J connectivity index is 2.26. The third kappa shape index (κ3) is 4.63. The van der Waals surface area contributed by atoms with Crippen LogP contribution in [0.2, 0.25) is 0 Å². The van der Waals surface area contributed by atoms with Crippen molar-refractivity contribution >= 4 is 22.8 Å². The van der Waals surface area contributed by atoms with Gasteiger partial charge in [-0.15, -0.1) is 11.3 Å². The Morgan fingerprint density at radius 2 is 2.20 bits per heavy atom. The number of nitriles is 1. The zero-order chi connectivity index (χ0) is 18.2. The Morgan fingerprint density at radius 3 is 2.72 bits per heavy atom. The van der Waals surface area contributed by atoms with Gasteiger partial charge in [-0.3, -0.25) is 4.99 Å². The van der Waals surface area contributed by atoms with Gasteiger partial charge in [0.25, 0.3) is 0 Å². The summed E-state index contributed by atoms with van der Waals surface area (Å²) in [7, 11) is 1.59. The van der Waals surface area contributed by atoms with Gasteiger partial charge in [0, 0.05) is 24.0 Å². The molecule has 0 aliphatic carbocycles. The van der Waals surface area contributed by atoms with Crippen LogP contribution in [0.25, 0.3) is 5.57 Å². The summed E-state index contributed by atoms with van der Waals surface area (Å²) < 4.78 is 5.76. The number of nitrogens with two attached hydrogens (primary N) is 1. The van der Waals surface area contributed by atoms with E-state index in [2.05, 4.69) is 22.6 Å². The summed E-state index contributed by atoms with van der Waals surface area (Å²) >= 11 is 1.47. The number of benzene rings is 1. The number of aromatic nitrogens is 1. The van der Waals surface area contributed by atoms with Crippen molar-refractivity contribution in [1.29, 1.82) is 5.26 Å². The van der Waals surface area contributed by atoms with E-state index in [1.165, 1.54) is 11.3 Å². The zero-order valence-corrected chi connectivity index (χ0v) is 15.1. The first-order chi connectivity index (χ1) is 12.1. The fourth-order valence-electron chi connectivity index (χ4n) is 2.18. The second-order valence-corrected chi connectivity index (χ2v) is 6.19. The van der Waals surface area contributed by atoms with E-state index in [4.69, 9.17) is 10.5 Å². The summed E-state index contributed by atoms with van der Waals surface area (Å²) in [6.45, 7) is 5.93. The third-order valence-corrected chi connectivity index (χ3v) is 4.30. The van der Waals surface area contributed by atoms with Crippen molar-refractivity contribution in [3.05, 3.63) is 70.2 Å². The zero-order valence-electron chi connectivity index (χ0n) is 14.3. The molecule has 1 unspecified atom stereocenters. The van der Waals surface area contributed by atoms with Crippen LogP contribution in [-0.2, 0) is 11.3 Å². The molecule has 2 rings (SSSR count). The van der Waals surface area contributed by atoms with Crippen molar-refractivity contribution in [3.63, 3.8) is 0 Å². The third-order valence-electron chi connectivity index (χ3n) is 3.46. The molecule has 0 aliphatic heterocycles. The monoisotopic (exact) mass is 352 g/mol. The van der Waals surface area contributed by atoms with Crippen molar-refractivity contribution in [2.45, 2.75) is 19.6 Å². The van der Waals surface area contributed by atoms with Crippen LogP contribution in [0.4, 0.5) is 0 Å². The molecule has 2 N–H and O–H groups in total. The lowest BCUT2D eigenvalue weighted by molar-refractivity contribution is 0.292. The van der Waals surface area contributed by atoms with E-state index < -0.39 is 0 Å². The number of ether oxygens (including phenoxy) is 1. The molecular weight excluding hydrogens is 332 g/mol. The van der Waals surface area contributed by atoms with Gasteiger partial charge < -0.3 is 10.5 Å². The predicted molar refractivity (Wildman–Crippen MR) is 102 cm³/mol. The molecule has 0 saturated carbocycles. The number of rotatable bonds is 6. The normalized spacial score (nSPS) is 13.6. The second-order valence-electron chi connectivity index (χ2n) is 5.24. The van der Waals surface area contributed by atoms with Crippen LogP contribution in [0, 0.1) is 11.3 Å². The molecule has 0 bridgehead atoms. The van der Waals surface area contributed by atoms with E-state index in [1.807, 2.05) is 42.6 Å². The Hall–Kier alpha value is -2.75. The van der Waals surface area contributed by atoms with Gasteiger partial charge >= 0.3 is 0 Å². The van der Waals surface area contributed by atoms with Crippen LogP contribution in [0.15, 0.2) is 58.9 Å². The maximum absolute atomic E-state index is 9.62. The first kappa shape index (κ1) is 18.6. The number of thiazole rings is 1. The van der Waals surface area contributed by atoms with Gasteiger partial charge in [0.1, 0.15) is 23.3 Å². The standard InChI is InChI=1S/C19H20N4OS/c1-4-15(14-8-6-5-7-9-14)16(10-20)19(22-3)24-11-18-23-17(12-25-18)13(2)21/h4-9,12-13H,1,11,21H2,2-3H3/b16-15+,22-19?. The smallest absolute Gasteiger partial charge is 0.227 e. The van der Waals surface area contributed by atoms with E-state index in [9.17, 15) is 5.26 Å². The van der Waals surface area contributed by atoms with Gasteiger partial charge in [-0.05, 0) is 12.5 Å². The van der Waals surface area contributed by atoms with Crippen molar-refractivity contribution < 1.29 is 4.74 Å². The highest BCUT2D eigenvalue weighted by Gasteiger charge is 2.15. The molecule has 0 saturated heterocycles. The lowest BCUT2D eigenvalue weighted by Crippen LogP contribution is -2.10. The Bertz CT molecular complexity index is 829. The quantitative estimate of drug-likeness (QED) is 0.370. The summed E-state index contributed by atoms with van der Waals surface area (Å²) in [4.78, 5) is 8.55. The van der Waals surface area contributed by atoms with Crippen molar-refractivity contribution in [3.8, 4) is 6.07 Å². The van der Waals surface area contributed by atoms with Gasteiger partial charge in [0.2, 0.25) is 5.90 Å². The van der Waals surface area contributed by atoms with Gasteiger partial charge in [-0.25, -0.2) is 4.98 Å². The minimum absolute atomic E-state index is 0.121. The molecule has 1 aromatic heterocycles. The summed E-state index contributed by atoms with van der Waals surface area (Å²) in [5.41, 5.74) is 8.55. The van der Waals surface area contributed by atoms with Gasteiger partial charge in [0.05, 0.1) is 5.69 Å². The van der Waals surface area contributed by atoms with Gasteiger partial charge in [0.15, 0.2) is 0 Å². The summed E-state index contributed by atoms with van der Waals surface area (Å²) in [6, 6.07) is 11.6. The van der Waals surface area contributed by atoms with E-state index >= 15 is 0 Å². The largest absolute Gasteiger partial charge is 0.470 e. The number of hydrogen-bond acceptors (Lipinski definition) is 6. The fraction of sp³-hybridized carbons (Fsp3) is 0.211. The van der Waals surface area contributed by atoms with E-state index in [1.54, 1.807) is 13.1 Å². The molecule has 5 nitrogen and oxygen atoms in total. The van der Waals surface area contributed by atoms with Crippen molar-refractivity contribution in [2.24, 2.45) is 10.7 Å². The first-order valence-corrected chi connectivity index (χ1v) is 8.60. The maximum Gasteiger partial charge on any atom is 0.227 e. The van der Waals surface area contributed by atoms with Gasteiger partial charge in [-0.2, -0.15) is 5.26 Å². The lowest BCUT2D eigenvalue weighted by Gasteiger charge is -2.10. The highest BCUT2D eigenvalue weighted by molar-refractivity contribution is 7.09. The summed E-state index contributed by atoms with van der Waals surface area (Å²) in [5.74, 6) is 0.263. The van der Waals surface area contributed by atoms with E-state index in [0.29, 0.717) is 11.1 Å². The summed E-state index contributed by atoms with van der Waals surface area (Å²) in [6.07, 6.45) is 1.64.